The Morgan fingerprint density at radius 1 is 1.14 bits per heavy atom. The van der Waals surface area contributed by atoms with E-state index < -0.39 is 0 Å². The van der Waals surface area contributed by atoms with Crippen LogP contribution in [0, 0.1) is 34.5 Å². The van der Waals surface area contributed by atoms with E-state index in [0.717, 1.165) is 38.8 Å². The molecule has 0 bridgehead atoms. The third-order valence-corrected chi connectivity index (χ3v) is 9.39. The van der Waals surface area contributed by atoms with Gasteiger partial charge in [0.2, 0.25) is 11.8 Å². The largest absolute Gasteiger partial charge is 0.343 e. The zero-order chi connectivity index (χ0) is 20.3. The number of allylic oxidation sites excluding steroid dienone is 2. The number of hydrogen-bond donors (Lipinski definition) is 0. The molecule has 1 heterocycles. The van der Waals surface area contributed by atoms with Gasteiger partial charge in [0.15, 0.2) is 0 Å². The highest BCUT2D eigenvalue weighted by Gasteiger charge is 2.60. The lowest BCUT2D eigenvalue weighted by atomic mass is 9.49. The summed E-state index contributed by atoms with van der Waals surface area (Å²) in [6, 6.07) is 0. The van der Waals surface area contributed by atoms with E-state index >= 15 is 0 Å². The Morgan fingerprint density at radius 2 is 1.86 bits per heavy atom. The Morgan fingerprint density at radius 3 is 2.54 bits per heavy atom. The predicted octanol–water partition coefficient (Wildman–Crippen LogP) is 4.46. The van der Waals surface area contributed by atoms with Crippen LogP contribution in [0.15, 0.2) is 11.8 Å². The summed E-state index contributed by atoms with van der Waals surface area (Å²) in [7, 11) is 1.97. The number of fused-ring (bicyclic) bond motifs is 5. The van der Waals surface area contributed by atoms with Gasteiger partial charge in [-0.3, -0.25) is 9.59 Å². The van der Waals surface area contributed by atoms with Gasteiger partial charge in [0, 0.05) is 43.6 Å². The molecule has 0 aromatic heterocycles. The average Bonchev–Trinajstić information content (AvgIpc) is 3.03. The Bertz CT molecular complexity index is 697. The van der Waals surface area contributed by atoms with Crippen molar-refractivity contribution < 1.29 is 9.59 Å². The van der Waals surface area contributed by atoms with Gasteiger partial charge in [-0.25, -0.2) is 0 Å². The Balaban J connectivity index is 1.62. The van der Waals surface area contributed by atoms with Crippen LogP contribution in [0.5, 0.6) is 0 Å². The second kappa shape index (κ2) is 6.88. The van der Waals surface area contributed by atoms with Crippen LogP contribution >= 0.6 is 0 Å². The van der Waals surface area contributed by atoms with Crippen LogP contribution in [0.4, 0.5) is 0 Å². The fraction of sp³-hybridized carbons (Fsp3) is 0.833. The number of carbonyl (C=O) groups is 2. The summed E-state index contributed by atoms with van der Waals surface area (Å²) in [5, 5.41) is 0. The molecule has 0 aromatic rings. The minimum atomic E-state index is 0.133. The molecule has 2 saturated carbocycles. The smallest absolute Gasteiger partial charge is 0.226 e. The van der Waals surface area contributed by atoms with Gasteiger partial charge < -0.3 is 9.80 Å². The molecule has 0 N–H and O–H groups in total. The summed E-state index contributed by atoms with van der Waals surface area (Å²) in [5.74, 6) is 2.84. The number of piperidine rings is 1. The summed E-state index contributed by atoms with van der Waals surface area (Å²) in [5.41, 5.74) is 1.56. The van der Waals surface area contributed by atoms with Crippen molar-refractivity contribution in [2.45, 2.75) is 72.6 Å². The monoisotopic (exact) mass is 386 g/mol. The number of amides is 2. The third kappa shape index (κ3) is 2.62. The molecule has 4 nitrogen and oxygen atoms in total. The van der Waals surface area contributed by atoms with Gasteiger partial charge in [0.05, 0.1) is 0 Å². The zero-order valence-electron chi connectivity index (χ0n) is 18.5. The molecular weight excluding hydrogens is 348 g/mol. The van der Waals surface area contributed by atoms with Crippen LogP contribution in [-0.2, 0) is 9.59 Å². The summed E-state index contributed by atoms with van der Waals surface area (Å²) in [4.78, 5) is 29.5. The summed E-state index contributed by atoms with van der Waals surface area (Å²) >= 11 is 0. The van der Waals surface area contributed by atoms with Crippen molar-refractivity contribution in [2.75, 3.05) is 20.1 Å². The SMILES string of the molecule is CCN(CC)C(=O)[C@H]1CC[C@H]2[C@@H]3CC=C4N(C)C(=O)CC[C@]4(C)[C@H]3CC[C@]12C. The molecule has 3 fully saturated rings. The van der Waals surface area contributed by atoms with Gasteiger partial charge in [0.1, 0.15) is 0 Å². The van der Waals surface area contributed by atoms with Crippen LogP contribution in [0.1, 0.15) is 72.6 Å². The molecule has 1 saturated heterocycles. The Hall–Kier alpha value is -1.32. The lowest BCUT2D eigenvalue weighted by Gasteiger charge is -2.58. The minimum Gasteiger partial charge on any atom is -0.343 e. The molecule has 156 valence electrons. The van der Waals surface area contributed by atoms with E-state index in [1.54, 1.807) is 0 Å². The molecule has 1 aliphatic heterocycles. The highest BCUT2D eigenvalue weighted by molar-refractivity contribution is 5.80. The third-order valence-electron chi connectivity index (χ3n) is 9.39. The van der Waals surface area contributed by atoms with Crippen LogP contribution in [0.2, 0.25) is 0 Å². The standard InChI is InChI=1S/C24H38N2O2/c1-6-26(7-2)22(28)19-10-9-17-16-8-11-20-24(4,15-13-21(27)25(20)5)18(16)12-14-23(17,19)3/h11,16-19H,6-10,12-15H2,1-5H3/t16-,17-,18-,19+,23-,24+/m0/s1. The van der Waals surface area contributed by atoms with Crippen LogP contribution in [0.3, 0.4) is 0 Å². The lowest BCUT2D eigenvalue weighted by molar-refractivity contribution is -0.144. The minimum absolute atomic E-state index is 0.133. The maximum Gasteiger partial charge on any atom is 0.226 e. The van der Waals surface area contributed by atoms with E-state index in [2.05, 4.69) is 33.8 Å². The molecule has 4 aliphatic rings. The van der Waals surface area contributed by atoms with E-state index in [1.165, 1.54) is 18.5 Å². The zero-order valence-corrected chi connectivity index (χ0v) is 18.5. The molecule has 28 heavy (non-hydrogen) atoms. The second-order valence-electron chi connectivity index (χ2n) is 10.3. The van der Waals surface area contributed by atoms with E-state index in [4.69, 9.17) is 0 Å². The number of rotatable bonds is 3. The highest BCUT2D eigenvalue weighted by Crippen LogP contribution is 2.66. The summed E-state index contributed by atoms with van der Waals surface area (Å²) in [6.45, 7) is 10.7. The van der Waals surface area contributed by atoms with Gasteiger partial charge in [-0.2, -0.15) is 0 Å². The van der Waals surface area contributed by atoms with E-state index in [0.29, 0.717) is 30.1 Å². The van der Waals surface area contributed by atoms with Crippen LogP contribution in [0.25, 0.3) is 0 Å². The molecule has 4 rings (SSSR count). The molecule has 0 spiro atoms. The molecule has 6 atom stereocenters. The molecule has 0 unspecified atom stereocenters. The first kappa shape index (κ1) is 20.0. The Labute approximate surface area is 170 Å². The second-order valence-corrected chi connectivity index (χ2v) is 10.3. The fourth-order valence-electron chi connectivity index (χ4n) is 7.74. The average molecular weight is 387 g/mol. The molecule has 0 aromatic carbocycles. The van der Waals surface area contributed by atoms with Crippen molar-refractivity contribution in [1.29, 1.82) is 0 Å². The molecule has 0 radical (unpaired) electrons. The van der Waals surface area contributed by atoms with Crippen molar-refractivity contribution in [3.8, 4) is 0 Å². The maximum atomic E-state index is 13.3. The van der Waals surface area contributed by atoms with Crippen molar-refractivity contribution in [1.82, 2.24) is 9.80 Å². The van der Waals surface area contributed by atoms with E-state index in [-0.39, 0.29) is 22.7 Å². The van der Waals surface area contributed by atoms with E-state index in [1.807, 2.05) is 16.8 Å². The van der Waals surface area contributed by atoms with Gasteiger partial charge in [-0.15, -0.1) is 0 Å². The van der Waals surface area contributed by atoms with Gasteiger partial charge in [0.25, 0.3) is 0 Å². The number of nitrogens with zero attached hydrogens (tertiary/aromatic N) is 2. The van der Waals surface area contributed by atoms with Crippen LogP contribution in [-0.4, -0.2) is 41.8 Å². The van der Waals surface area contributed by atoms with Crippen molar-refractivity contribution in [2.24, 2.45) is 34.5 Å². The van der Waals surface area contributed by atoms with Crippen molar-refractivity contribution >= 4 is 11.8 Å². The lowest BCUT2D eigenvalue weighted by Crippen LogP contribution is -2.54. The fourth-order valence-corrected chi connectivity index (χ4v) is 7.74. The normalized spacial score (nSPS) is 42.4. The van der Waals surface area contributed by atoms with Crippen molar-refractivity contribution in [3.63, 3.8) is 0 Å². The summed E-state index contributed by atoms with van der Waals surface area (Å²) in [6.07, 6.45) is 9.76. The number of carbonyl (C=O) groups excluding carboxylic acids is 2. The first-order chi connectivity index (χ1) is 13.3. The first-order valence-electron chi connectivity index (χ1n) is 11.5. The summed E-state index contributed by atoms with van der Waals surface area (Å²) < 4.78 is 0. The Kier molecular flexibility index (Phi) is 4.91. The predicted molar refractivity (Wildman–Crippen MR) is 111 cm³/mol. The topological polar surface area (TPSA) is 40.6 Å². The first-order valence-corrected chi connectivity index (χ1v) is 11.5. The molecule has 3 aliphatic carbocycles. The maximum absolute atomic E-state index is 13.3. The molecule has 4 heteroatoms. The van der Waals surface area contributed by atoms with Gasteiger partial charge in [-0.05, 0) is 75.5 Å². The number of likely N-dealkylation sites (tertiary alicyclic amines) is 1. The van der Waals surface area contributed by atoms with Gasteiger partial charge in [-0.1, -0.05) is 19.9 Å². The van der Waals surface area contributed by atoms with Gasteiger partial charge >= 0.3 is 0 Å². The van der Waals surface area contributed by atoms with E-state index in [9.17, 15) is 9.59 Å². The molecule has 2 amide bonds. The quantitative estimate of drug-likeness (QED) is 0.718. The van der Waals surface area contributed by atoms with Crippen molar-refractivity contribution in [3.05, 3.63) is 11.8 Å². The van der Waals surface area contributed by atoms with Crippen LogP contribution < -0.4 is 0 Å². The highest BCUT2D eigenvalue weighted by atomic mass is 16.2. The number of hydrogen-bond acceptors (Lipinski definition) is 2. The molecular formula is C24H38N2O2.